The van der Waals surface area contributed by atoms with E-state index in [2.05, 4.69) is 23.8 Å². The normalized spacial score (nSPS) is 11.2. The summed E-state index contributed by atoms with van der Waals surface area (Å²) in [5, 5.41) is 0.456. The number of halogens is 1. The number of anilines is 1. The summed E-state index contributed by atoms with van der Waals surface area (Å²) in [6, 6.07) is 6.32. The fraction of sp³-hybridized carbons (Fsp3) is 0.385. The molecule has 3 nitrogen and oxygen atoms in total. The first-order chi connectivity index (χ1) is 7.99. The van der Waals surface area contributed by atoms with Crippen LogP contribution in [0.25, 0.3) is 11.0 Å². The van der Waals surface area contributed by atoms with Crippen LogP contribution >= 0.6 is 11.6 Å². The van der Waals surface area contributed by atoms with Crippen molar-refractivity contribution < 1.29 is 0 Å². The van der Waals surface area contributed by atoms with E-state index in [1.54, 1.807) is 0 Å². The van der Waals surface area contributed by atoms with Crippen molar-refractivity contribution in [3.8, 4) is 0 Å². The molecule has 0 spiro atoms. The molecule has 1 heterocycles. The minimum Gasteiger partial charge on any atom is -0.355 e. The highest BCUT2D eigenvalue weighted by Crippen LogP contribution is 2.25. The molecule has 0 aliphatic carbocycles. The van der Waals surface area contributed by atoms with Crippen molar-refractivity contribution in [3.05, 3.63) is 28.9 Å². The Hall–Kier alpha value is -1.35. The van der Waals surface area contributed by atoms with Crippen molar-refractivity contribution in [1.82, 2.24) is 9.97 Å². The van der Waals surface area contributed by atoms with Crippen LogP contribution < -0.4 is 4.90 Å². The highest BCUT2D eigenvalue weighted by molar-refractivity contribution is 6.32. The topological polar surface area (TPSA) is 29.0 Å². The van der Waals surface area contributed by atoms with Crippen LogP contribution in [0, 0.1) is 6.92 Å². The Labute approximate surface area is 106 Å². The second kappa shape index (κ2) is 4.49. The van der Waals surface area contributed by atoms with Gasteiger partial charge in [0.25, 0.3) is 0 Å². The molecule has 0 saturated carbocycles. The van der Waals surface area contributed by atoms with E-state index in [0.29, 0.717) is 11.2 Å². The summed E-state index contributed by atoms with van der Waals surface area (Å²) in [7, 11) is 1.97. The molecule has 0 atom stereocenters. The molecule has 4 heteroatoms. The highest BCUT2D eigenvalue weighted by Gasteiger charge is 2.13. The van der Waals surface area contributed by atoms with Crippen LogP contribution in [0.4, 0.5) is 5.82 Å². The van der Waals surface area contributed by atoms with Gasteiger partial charge in [0.05, 0.1) is 11.0 Å². The molecule has 0 amide bonds. The summed E-state index contributed by atoms with van der Waals surface area (Å²) in [6.45, 7) is 6.23. The summed E-state index contributed by atoms with van der Waals surface area (Å²) in [5.74, 6) is 0.736. The summed E-state index contributed by atoms with van der Waals surface area (Å²) >= 11 is 6.17. The van der Waals surface area contributed by atoms with Gasteiger partial charge in [0.1, 0.15) is 0 Å². The predicted octanol–water partition coefficient (Wildman–Crippen LogP) is 3.44. The molecular formula is C13H16ClN3. The third-order valence-corrected chi connectivity index (χ3v) is 3.12. The van der Waals surface area contributed by atoms with E-state index >= 15 is 0 Å². The predicted molar refractivity (Wildman–Crippen MR) is 72.8 cm³/mol. The van der Waals surface area contributed by atoms with E-state index in [0.717, 1.165) is 16.9 Å². The van der Waals surface area contributed by atoms with E-state index in [9.17, 15) is 0 Å². The first kappa shape index (κ1) is 12.1. The lowest BCUT2D eigenvalue weighted by Crippen LogP contribution is -2.27. The van der Waals surface area contributed by atoms with Crippen LogP contribution in [-0.4, -0.2) is 23.1 Å². The smallest absolute Gasteiger partial charge is 0.172 e. The van der Waals surface area contributed by atoms with Crippen molar-refractivity contribution in [3.63, 3.8) is 0 Å². The maximum atomic E-state index is 6.17. The van der Waals surface area contributed by atoms with Crippen LogP contribution in [0.1, 0.15) is 19.4 Å². The molecule has 0 bridgehead atoms. The van der Waals surface area contributed by atoms with Gasteiger partial charge >= 0.3 is 0 Å². The molecule has 0 aliphatic rings. The molecule has 0 aliphatic heterocycles. The number of hydrogen-bond donors (Lipinski definition) is 0. The lowest BCUT2D eigenvalue weighted by atomic mass is 10.2. The Morgan fingerprint density at radius 1 is 1.18 bits per heavy atom. The minimum absolute atomic E-state index is 0.337. The maximum absolute atomic E-state index is 6.17. The Bertz CT molecular complexity index is 552. The monoisotopic (exact) mass is 249 g/mol. The van der Waals surface area contributed by atoms with Crippen molar-refractivity contribution in [2.45, 2.75) is 26.8 Å². The lowest BCUT2D eigenvalue weighted by molar-refractivity contribution is 0.743. The van der Waals surface area contributed by atoms with Gasteiger partial charge in [0.15, 0.2) is 11.0 Å². The second-order valence-corrected chi connectivity index (χ2v) is 4.89. The van der Waals surface area contributed by atoms with Crippen molar-refractivity contribution >= 4 is 28.5 Å². The van der Waals surface area contributed by atoms with Gasteiger partial charge in [0, 0.05) is 13.1 Å². The zero-order valence-corrected chi connectivity index (χ0v) is 11.3. The molecule has 1 aromatic carbocycles. The number of fused-ring (bicyclic) bond motifs is 1. The number of hydrogen-bond acceptors (Lipinski definition) is 3. The maximum Gasteiger partial charge on any atom is 0.172 e. The summed E-state index contributed by atoms with van der Waals surface area (Å²) in [6.07, 6.45) is 0. The molecule has 0 fully saturated rings. The van der Waals surface area contributed by atoms with Crippen LogP contribution in [0.3, 0.4) is 0 Å². The van der Waals surface area contributed by atoms with Crippen LogP contribution in [0.2, 0.25) is 5.15 Å². The second-order valence-electron chi connectivity index (χ2n) is 4.53. The molecule has 90 valence electrons. The van der Waals surface area contributed by atoms with Crippen LogP contribution in [0.5, 0.6) is 0 Å². The number of benzene rings is 1. The Morgan fingerprint density at radius 3 is 2.53 bits per heavy atom. The number of aromatic nitrogens is 2. The van der Waals surface area contributed by atoms with Gasteiger partial charge in [-0.25, -0.2) is 9.97 Å². The molecule has 2 rings (SSSR count). The summed E-state index contributed by atoms with van der Waals surface area (Å²) in [5.41, 5.74) is 2.89. The molecule has 0 radical (unpaired) electrons. The standard InChI is InChI=1S/C13H16ClN3/c1-8(2)17(4)13-12(14)15-10-6-5-9(3)7-11(10)16-13/h5-8H,1-4H3. The zero-order chi connectivity index (χ0) is 12.6. The Kier molecular flexibility index (Phi) is 3.20. The first-order valence-corrected chi connectivity index (χ1v) is 6.03. The van der Waals surface area contributed by atoms with Crippen molar-refractivity contribution in [2.75, 3.05) is 11.9 Å². The van der Waals surface area contributed by atoms with Gasteiger partial charge in [-0.15, -0.1) is 0 Å². The average molecular weight is 250 g/mol. The average Bonchev–Trinajstić information content (AvgIpc) is 2.27. The van der Waals surface area contributed by atoms with Gasteiger partial charge in [-0.3, -0.25) is 0 Å². The van der Waals surface area contributed by atoms with E-state index in [1.807, 2.05) is 37.1 Å². The van der Waals surface area contributed by atoms with Crippen LogP contribution in [0.15, 0.2) is 18.2 Å². The van der Waals surface area contributed by atoms with Gasteiger partial charge in [-0.1, -0.05) is 17.7 Å². The molecule has 0 unspecified atom stereocenters. The van der Waals surface area contributed by atoms with Crippen molar-refractivity contribution in [1.29, 1.82) is 0 Å². The van der Waals surface area contributed by atoms with E-state index in [-0.39, 0.29) is 0 Å². The van der Waals surface area contributed by atoms with E-state index in [1.165, 1.54) is 5.56 Å². The number of rotatable bonds is 2. The van der Waals surface area contributed by atoms with Crippen molar-refractivity contribution in [2.24, 2.45) is 0 Å². The Morgan fingerprint density at radius 2 is 1.88 bits per heavy atom. The zero-order valence-electron chi connectivity index (χ0n) is 10.5. The number of nitrogens with zero attached hydrogens (tertiary/aromatic N) is 3. The fourth-order valence-electron chi connectivity index (χ4n) is 1.60. The Balaban J connectivity index is 2.61. The quantitative estimate of drug-likeness (QED) is 0.817. The third-order valence-electron chi connectivity index (χ3n) is 2.87. The highest BCUT2D eigenvalue weighted by atomic mass is 35.5. The van der Waals surface area contributed by atoms with Gasteiger partial charge in [-0.05, 0) is 38.5 Å². The molecule has 0 saturated heterocycles. The van der Waals surface area contributed by atoms with E-state index < -0.39 is 0 Å². The third kappa shape index (κ3) is 2.34. The molecular weight excluding hydrogens is 234 g/mol. The number of aryl methyl sites for hydroxylation is 1. The molecule has 17 heavy (non-hydrogen) atoms. The van der Waals surface area contributed by atoms with E-state index in [4.69, 9.17) is 11.6 Å². The van der Waals surface area contributed by atoms with Gasteiger partial charge in [0.2, 0.25) is 0 Å². The van der Waals surface area contributed by atoms with Crippen LogP contribution in [-0.2, 0) is 0 Å². The molecule has 1 aromatic heterocycles. The fourth-order valence-corrected chi connectivity index (χ4v) is 1.87. The first-order valence-electron chi connectivity index (χ1n) is 5.66. The summed E-state index contributed by atoms with van der Waals surface area (Å²) in [4.78, 5) is 11.0. The lowest BCUT2D eigenvalue weighted by Gasteiger charge is -2.23. The minimum atomic E-state index is 0.337. The molecule has 2 aromatic rings. The summed E-state index contributed by atoms with van der Waals surface area (Å²) < 4.78 is 0. The van der Waals surface area contributed by atoms with Gasteiger partial charge < -0.3 is 4.90 Å². The SMILES string of the molecule is Cc1ccc2nc(Cl)c(N(C)C(C)C)nc2c1. The largest absolute Gasteiger partial charge is 0.355 e. The van der Waals surface area contributed by atoms with Gasteiger partial charge in [-0.2, -0.15) is 0 Å². The molecule has 0 N–H and O–H groups in total.